The molecule has 5 rings (SSSR count). The van der Waals surface area contributed by atoms with Crippen LogP contribution >= 0.6 is 0 Å². The van der Waals surface area contributed by atoms with Gasteiger partial charge in [0.2, 0.25) is 0 Å². The number of carbonyl (C=O) groups excluding carboxylic acids is 1. The molecule has 1 amide bonds. The Morgan fingerprint density at radius 1 is 0.778 bits per heavy atom. The van der Waals surface area contributed by atoms with Gasteiger partial charge in [0.25, 0.3) is 5.91 Å². The fourth-order valence-corrected chi connectivity index (χ4v) is 4.43. The monoisotopic (exact) mass is 485 g/mol. The number of ether oxygens (including phenoxy) is 4. The molecule has 1 fully saturated rings. The van der Waals surface area contributed by atoms with E-state index in [-0.39, 0.29) is 5.91 Å². The molecule has 4 aromatic rings. The topological polar surface area (TPSA) is 83.0 Å². The molecule has 1 aromatic heterocycles. The molecule has 0 spiro atoms. The molecule has 3 aromatic carbocycles. The zero-order valence-electron chi connectivity index (χ0n) is 20.5. The summed E-state index contributed by atoms with van der Waals surface area (Å²) in [6, 6.07) is 17.4. The molecule has 8 heteroatoms. The van der Waals surface area contributed by atoms with Gasteiger partial charge in [-0.2, -0.15) is 0 Å². The standard InChI is InChI=1S/C28H27N3O5/c1-33-24-9-6-19(15-26(24)35-3)18-5-8-23-22(14-18)27(30-17-29-23)20-4-7-21(25(16-20)34-2)28(32)31-10-12-36-13-11-31/h4-9,14-17H,10-13H2,1-3H3. The number of benzene rings is 3. The first-order valence-corrected chi connectivity index (χ1v) is 11.7. The minimum atomic E-state index is -0.0648. The van der Waals surface area contributed by atoms with Crippen LogP contribution in [-0.2, 0) is 4.74 Å². The Kier molecular flexibility index (Phi) is 6.69. The molecule has 1 aliphatic heterocycles. The van der Waals surface area contributed by atoms with Gasteiger partial charge in [-0.05, 0) is 47.5 Å². The second kappa shape index (κ2) is 10.2. The average molecular weight is 486 g/mol. The summed E-state index contributed by atoms with van der Waals surface area (Å²) in [4.78, 5) is 23.9. The number of hydrogen-bond acceptors (Lipinski definition) is 7. The molecule has 0 atom stereocenters. The van der Waals surface area contributed by atoms with Crippen molar-refractivity contribution in [2.24, 2.45) is 0 Å². The third-order valence-electron chi connectivity index (χ3n) is 6.36. The number of methoxy groups -OCH3 is 3. The molecule has 1 saturated heterocycles. The van der Waals surface area contributed by atoms with Gasteiger partial charge < -0.3 is 23.8 Å². The normalized spacial score (nSPS) is 13.5. The first-order valence-electron chi connectivity index (χ1n) is 11.7. The zero-order valence-corrected chi connectivity index (χ0v) is 20.5. The smallest absolute Gasteiger partial charge is 0.257 e. The predicted octanol–water partition coefficient (Wildman–Crippen LogP) is 4.46. The van der Waals surface area contributed by atoms with Crippen LogP contribution in [0.15, 0.2) is 60.9 Å². The van der Waals surface area contributed by atoms with E-state index in [1.165, 1.54) is 0 Å². The number of morpholine rings is 1. The maximum atomic E-state index is 13.1. The highest BCUT2D eigenvalue weighted by Crippen LogP contribution is 2.36. The van der Waals surface area contributed by atoms with Crippen LogP contribution in [0.25, 0.3) is 33.3 Å². The van der Waals surface area contributed by atoms with Crippen molar-refractivity contribution in [2.45, 2.75) is 0 Å². The molecule has 0 bridgehead atoms. The molecule has 0 saturated carbocycles. The molecule has 0 unspecified atom stereocenters. The third kappa shape index (κ3) is 4.43. The van der Waals surface area contributed by atoms with Gasteiger partial charge in [-0.25, -0.2) is 9.97 Å². The highest BCUT2D eigenvalue weighted by molar-refractivity contribution is 5.99. The van der Waals surface area contributed by atoms with Gasteiger partial charge in [-0.15, -0.1) is 0 Å². The molecule has 8 nitrogen and oxygen atoms in total. The Morgan fingerprint density at radius 3 is 2.19 bits per heavy atom. The van der Waals surface area contributed by atoms with Crippen molar-refractivity contribution in [1.82, 2.24) is 14.9 Å². The van der Waals surface area contributed by atoms with Crippen molar-refractivity contribution in [2.75, 3.05) is 47.6 Å². The quantitative estimate of drug-likeness (QED) is 0.399. The first-order chi connectivity index (χ1) is 17.6. The number of amides is 1. The lowest BCUT2D eigenvalue weighted by atomic mass is 9.99. The number of rotatable bonds is 6. The molecule has 36 heavy (non-hydrogen) atoms. The fraction of sp³-hybridized carbons (Fsp3) is 0.250. The number of nitrogens with zero attached hydrogens (tertiary/aromatic N) is 3. The van der Waals surface area contributed by atoms with Gasteiger partial charge in [-0.1, -0.05) is 18.2 Å². The molecule has 0 N–H and O–H groups in total. The maximum absolute atomic E-state index is 13.1. The summed E-state index contributed by atoms with van der Waals surface area (Å²) in [5.74, 6) is 1.77. The van der Waals surface area contributed by atoms with Crippen molar-refractivity contribution in [1.29, 1.82) is 0 Å². The van der Waals surface area contributed by atoms with E-state index in [4.69, 9.17) is 18.9 Å². The van der Waals surface area contributed by atoms with Crippen molar-refractivity contribution < 1.29 is 23.7 Å². The van der Waals surface area contributed by atoms with Crippen LogP contribution in [0.2, 0.25) is 0 Å². The van der Waals surface area contributed by atoms with Crippen molar-refractivity contribution in [3.05, 3.63) is 66.5 Å². The minimum absolute atomic E-state index is 0.0648. The van der Waals surface area contributed by atoms with Crippen molar-refractivity contribution in [3.8, 4) is 39.6 Å². The molecule has 0 radical (unpaired) electrons. The first kappa shape index (κ1) is 23.6. The molecule has 184 valence electrons. The van der Waals surface area contributed by atoms with Crippen molar-refractivity contribution >= 4 is 16.8 Å². The van der Waals surface area contributed by atoms with Crippen LogP contribution in [0.4, 0.5) is 0 Å². The van der Waals surface area contributed by atoms with Gasteiger partial charge in [0.1, 0.15) is 12.1 Å². The summed E-state index contributed by atoms with van der Waals surface area (Å²) in [6.45, 7) is 2.22. The molecule has 2 heterocycles. The maximum Gasteiger partial charge on any atom is 0.257 e. The van der Waals surface area contributed by atoms with E-state index in [0.29, 0.717) is 49.1 Å². The number of fused-ring (bicyclic) bond motifs is 1. The summed E-state index contributed by atoms with van der Waals surface area (Å²) in [6.07, 6.45) is 1.55. The Morgan fingerprint density at radius 2 is 1.44 bits per heavy atom. The van der Waals surface area contributed by atoms with Crippen LogP contribution in [0.5, 0.6) is 17.2 Å². The summed E-state index contributed by atoms with van der Waals surface area (Å²) in [7, 11) is 4.81. The van der Waals surface area contributed by atoms with Crippen molar-refractivity contribution in [3.63, 3.8) is 0 Å². The van der Waals surface area contributed by atoms with E-state index in [1.807, 2.05) is 42.5 Å². The van der Waals surface area contributed by atoms with Gasteiger partial charge in [0, 0.05) is 24.0 Å². The summed E-state index contributed by atoms with van der Waals surface area (Å²) in [5, 5.41) is 0.888. The highest BCUT2D eigenvalue weighted by atomic mass is 16.5. The van der Waals surface area contributed by atoms with Gasteiger partial charge >= 0.3 is 0 Å². The lowest BCUT2D eigenvalue weighted by molar-refractivity contribution is 0.0301. The van der Waals surface area contributed by atoms with Crippen LogP contribution in [-0.4, -0.2) is 68.4 Å². The highest BCUT2D eigenvalue weighted by Gasteiger charge is 2.22. The number of carbonyl (C=O) groups is 1. The Balaban J connectivity index is 1.55. The summed E-state index contributed by atoms with van der Waals surface area (Å²) < 4.78 is 21.8. The zero-order chi connectivity index (χ0) is 25.1. The van der Waals surface area contributed by atoms with Crippen LogP contribution in [0, 0.1) is 0 Å². The van der Waals surface area contributed by atoms with Crippen LogP contribution in [0.3, 0.4) is 0 Å². The lowest BCUT2D eigenvalue weighted by Crippen LogP contribution is -2.40. The summed E-state index contributed by atoms with van der Waals surface area (Å²) in [5.41, 5.74) is 4.90. The van der Waals surface area contributed by atoms with E-state index >= 15 is 0 Å². The van der Waals surface area contributed by atoms with E-state index in [1.54, 1.807) is 38.6 Å². The SMILES string of the molecule is COc1ccc(-c2ccc3ncnc(-c4ccc(C(=O)N5CCOCC5)c(OC)c4)c3c2)cc1OC. The largest absolute Gasteiger partial charge is 0.496 e. The summed E-state index contributed by atoms with van der Waals surface area (Å²) >= 11 is 0. The second-order valence-electron chi connectivity index (χ2n) is 8.34. The Labute approximate surface area is 209 Å². The van der Waals surface area contributed by atoms with E-state index in [2.05, 4.69) is 16.0 Å². The van der Waals surface area contributed by atoms with Gasteiger partial charge in [0.05, 0.1) is 51.3 Å². The average Bonchev–Trinajstić information content (AvgIpc) is 2.95. The molecule has 0 aliphatic carbocycles. The van der Waals surface area contributed by atoms with Gasteiger partial charge in [-0.3, -0.25) is 4.79 Å². The Bertz CT molecular complexity index is 1420. The number of aromatic nitrogens is 2. The number of hydrogen-bond donors (Lipinski definition) is 0. The van der Waals surface area contributed by atoms with E-state index in [0.717, 1.165) is 33.3 Å². The molecule has 1 aliphatic rings. The van der Waals surface area contributed by atoms with Gasteiger partial charge in [0.15, 0.2) is 11.5 Å². The molecular weight excluding hydrogens is 458 g/mol. The predicted molar refractivity (Wildman–Crippen MR) is 137 cm³/mol. The Hall–Kier alpha value is -4.17. The van der Waals surface area contributed by atoms with E-state index in [9.17, 15) is 4.79 Å². The molecular formula is C28H27N3O5. The minimum Gasteiger partial charge on any atom is -0.496 e. The second-order valence-corrected chi connectivity index (χ2v) is 8.34. The van der Waals surface area contributed by atoms with Crippen LogP contribution < -0.4 is 14.2 Å². The fourth-order valence-electron chi connectivity index (χ4n) is 4.43. The van der Waals surface area contributed by atoms with E-state index < -0.39 is 0 Å². The third-order valence-corrected chi connectivity index (χ3v) is 6.36. The lowest BCUT2D eigenvalue weighted by Gasteiger charge is -2.27. The van der Waals surface area contributed by atoms with Crippen LogP contribution in [0.1, 0.15) is 10.4 Å².